The van der Waals surface area contributed by atoms with Crippen LogP contribution in [0.25, 0.3) is 0 Å². The van der Waals surface area contributed by atoms with Crippen molar-refractivity contribution in [2.75, 3.05) is 0 Å². The minimum Gasteiger partial charge on any atom is -0.269 e. The fraction of sp³-hybridized carbons (Fsp3) is 0.357. The zero-order valence-corrected chi connectivity index (χ0v) is 9.03. The van der Waals surface area contributed by atoms with E-state index in [2.05, 4.69) is 42.4 Å². The molecule has 1 heteroatoms. The van der Waals surface area contributed by atoms with Gasteiger partial charge in [-0.3, -0.25) is 4.99 Å². The lowest BCUT2D eigenvalue weighted by molar-refractivity contribution is 0.547. The first kappa shape index (κ1) is 8.90. The Balaban J connectivity index is 2.08. The molecule has 76 valence electrons. The van der Waals surface area contributed by atoms with Crippen molar-refractivity contribution in [3.8, 4) is 0 Å². The number of allylic oxidation sites excluding steroid dienone is 1. The highest BCUT2D eigenvalue weighted by molar-refractivity contribution is 5.68. The number of nitrogens with zero attached hydrogens (tertiary/aromatic N) is 1. The molecule has 0 spiro atoms. The maximum Gasteiger partial charge on any atom is 0.0268 e. The maximum absolute atomic E-state index is 4.24. The van der Waals surface area contributed by atoms with Crippen LogP contribution in [0.15, 0.2) is 41.0 Å². The van der Waals surface area contributed by atoms with Crippen LogP contribution in [0.5, 0.6) is 0 Å². The van der Waals surface area contributed by atoms with Crippen molar-refractivity contribution < 1.29 is 0 Å². The molecular formula is C14H15N. The minimum absolute atomic E-state index is 0.243. The van der Waals surface area contributed by atoms with Crippen LogP contribution in [0.4, 0.5) is 0 Å². The van der Waals surface area contributed by atoms with E-state index >= 15 is 0 Å². The molecule has 1 aromatic rings. The lowest BCUT2D eigenvalue weighted by atomic mass is 9.76. The van der Waals surface area contributed by atoms with Crippen LogP contribution in [0, 0.1) is 0 Å². The second-order valence-electron chi connectivity index (χ2n) is 4.68. The molecule has 0 saturated heterocycles. The molecule has 2 aliphatic rings. The Bertz CT molecular complexity index is 456. The lowest BCUT2D eigenvalue weighted by Gasteiger charge is -2.26. The molecule has 3 rings (SSSR count). The standard InChI is InChI=1S/C14H15N/c1-14(12-7-9-15-10-12)8-6-11-4-2-3-5-13(11)14/h2-5,9-10H,6-8H2,1H3. The van der Waals surface area contributed by atoms with Crippen molar-refractivity contribution in [1.29, 1.82) is 0 Å². The maximum atomic E-state index is 4.24. The van der Waals surface area contributed by atoms with E-state index < -0.39 is 0 Å². The van der Waals surface area contributed by atoms with Crippen molar-refractivity contribution in [2.45, 2.75) is 31.6 Å². The number of fused-ring (bicyclic) bond motifs is 1. The third-order valence-corrected chi connectivity index (χ3v) is 3.86. The first-order valence-corrected chi connectivity index (χ1v) is 5.60. The average Bonchev–Trinajstić information content (AvgIpc) is 2.88. The molecule has 0 fully saturated rings. The van der Waals surface area contributed by atoms with Crippen LogP contribution < -0.4 is 0 Å². The fourth-order valence-electron chi connectivity index (χ4n) is 2.84. The summed E-state index contributed by atoms with van der Waals surface area (Å²) < 4.78 is 0. The number of aryl methyl sites for hydroxylation is 1. The molecule has 1 aliphatic heterocycles. The van der Waals surface area contributed by atoms with Crippen LogP contribution in [0.2, 0.25) is 0 Å². The van der Waals surface area contributed by atoms with Gasteiger partial charge in [-0.1, -0.05) is 31.2 Å². The second kappa shape index (κ2) is 3.06. The van der Waals surface area contributed by atoms with E-state index in [9.17, 15) is 0 Å². The predicted molar refractivity (Wildman–Crippen MR) is 63.3 cm³/mol. The Morgan fingerprint density at radius 1 is 1.27 bits per heavy atom. The van der Waals surface area contributed by atoms with Crippen molar-refractivity contribution in [3.05, 3.63) is 47.2 Å². The Morgan fingerprint density at radius 3 is 2.93 bits per heavy atom. The highest BCUT2D eigenvalue weighted by atomic mass is 14.7. The third-order valence-electron chi connectivity index (χ3n) is 3.86. The lowest BCUT2D eigenvalue weighted by Crippen LogP contribution is -2.20. The molecule has 0 aromatic heterocycles. The van der Waals surface area contributed by atoms with E-state index in [4.69, 9.17) is 0 Å². The van der Waals surface area contributed by atoms with E-state index in [0.29, 0.717) is 0 Å². The van der Waals surface area contributed by atoms with Gasteiger partial charge in [0.1, 0.15) is 0 Å². The van der Waals surface area contributed by atoms with Gasteiger partial charge in [0, 0.05) is 24.3 Å². The smallest absolute Gasteiger partial charge is 0.0268 e. The zero-order valence-electron chi connectivity index (χ0n) is 9.03. The van der Waals surface area contributed by atoms with Gasteiger partial charge in [0.25, 0.3) is 0 Å². The van der Waals surface area contributed by atoms with E-state index in [1.807, 2.05) is 6.21 Å². The summed E-state index contributed by atoms with van der Waals surface area (Å²) in [6, 6.07) is 8.83. The Hall–Kier alpha value is -1.37. The molecule has 1 aliphatic carbocycles. The van der Waals surface area contributed by atoms with Gasteiger partial charge < -0.3 is 0 Å². The first-order valence-electron chi connectivity index (χ1n) is 5.60. The van der Waals surface area contributed by atoms with E-state index in [1.165, 1.54) is 29.5 Å². The zero-order chi connectivity index (χ0) is 10.3. The normalized spacial score (nSPS) is 27.9. The molecule has 0 amide bonds. The summed E-state index contributed by atoms with van der Waals surface area (Å²) in [5.41, 5.74) is 4.76. The van der Waals surface area contributed by atoms with Crippen LogP contribution in [0.3, 0.4) is 0 Å². The van der Waals surface area contributed by atoms with Crippen molar-refractivity contribution in [3.63, 3.8) is 0 Å². The van der Waals surface area contributed by atoms with Crippen LogP contribution in [0.1, 0.15) is 30.9 Å². The molecule has 15 heavy (non-hydrogen) atoms. The largest absolute Gasteiger partial charge is 0.269 e. The number of rotatable bonds is 1. The van der Waals surface area contributed by atoms with E-state index in [0.717, 1.165) is 6.42 Å². The highest BCUT2D eigenvalue weighted by Gasteiger charge is 2.37. The summed E-state index contributed by atoms with van der Waals surface area (Å²) in [7, 11) is 0. The van der Waals surface area contributed by atoms with Crippen LogP contribution in [-0.4, -0.2) is 6.21 Å². The summed E-state index contributed by atoms with van der Waals surface area (Å²) in [5.74, 6) is 0. The SMILES string of the molecule is CC1(C2=CN=CC2)CCc2ccccc21. The van der Waals surface area contributed by atoms with Gasteiger partial charge in [-0.05, 0) is 29.5 Å². The van der Waals surface area contributed by atoms with Crippen LogP contribution >= 0.6 is 0 Å². The summed E-state index contributed by atoms with van der Waals surface area (Å²) in [6.45, 7) is 2.36. The molecule has 1 heterocycles. The molecule has 1 unspecified atom stereocenters. The van der Waals surface area contributed by atoms with Crippen molar-refractivity contribution in [1.82, 2.24) is 0 Å². The molecule has 1 nitrogen and oxygen atoms in total. The Morgan fingerprint density at radius 2 is 2.13 bits per heavy atom. The van der Waals surface area contributed by atoms with Gasteiger partial charge in [0.05, 0.1) is 0 Å². The van der Waals surface area contributed by atoms with Crippen LogP contribution in [-0.2, 0) is 11.8 Å². The topological polar surface area (TPSA) is 12.4 Å². The molecule has 0 saturated carbocycles. The highest BCUT2D eigenvalue weighted by Crippen LogP contribution is 2.45. The number of aliphatic imine (C=N–C) groups is 1. The monoisotopic (exact) mass is 197 g/mol. The van der Waals surface area contributed by atoms with Crippen molar-refractivity contribution >= 4 is 6.21 Å². The molecule has 1 atom stereocenters. The van der Waals surface area contributed by atoms with Gasteiger partial charge in [-0.2, -0.15) is 0 Å². The Kier molecular flexibility index (Phi) is 1.82. The first-order chi connectivity index (χ1) is 7.31. The number of hydrogen-bond donors (Lipinski definition) is 0. The van der Waals surface area contributed by atoms with Gasteiger partial charge in [0.15, 0.2) is 0 Å². The van der Waals surface area contributed by atoms with Gasteiger partial charge in [-0.15, -0.1) is 0 Å². The fourth-order valence-corrected chi connectivity index (χ4v) is 2.84. The van der Waals surface area contributed by atoms with Crippen molar-refractivity contribution in [2.24, 2.45) is 4.99 Å². The molecular weight excluding hydrogens is 182 g/mol. The van der Waals surface area contributed by atoms with Gasteiger partial charge >= 0.3 is 0 Å². The summed E-state index contributed by atoms with van der Waals surface area (Å²) in [4.78, 5) is 4.24. The van der Waals surface area contributed by atoms with E-state index in [-0.39, 0.29) is 5.41 Å². The van der Waals surface area contributed by atoms with Gasteiger partial charge in [-0.25, -0.2) is 0 Å². The number of benzene rings is 1. The quantitative estimate of drug-likeness (QED) is 0.655. The summed E-state index contributed by atoms with van der Waals surface area (Å²) in [6.07, 6.45) is 7.56. The van der Waals surface area contributed by atoms with E-state index in [1.54, 1.807) is 0 Å². The van der Waals surface area contributed by atoms with Gasteiger partial charge in [0.2, 0.25) is 0 Å². The molecule has 0 radical (unpaired) electrons. The predicted octanol–water partition coefficient (Wildman–Crippen LogP) is 3.25. The second-order valence-corrected chi connectivity index (χ2v) is 4.68. The summed E-state index contributed by atoms with van der Waals surface area (Å²) in [5, 5.41) is 0. The molecule has 0 bridgehead atoms. The molecule has 1 aromatic carbocycles. The third kappa shape index (κ3) is 1.19. The summed E-state index contributed by atoms with van der Waals surface area (Å²) >= 11 is 0. The average molecular weight is 197 g/mol. The Labute approximate surface area is 90.5 Å². The number of hydrogen-bond acceptors (Lipinski definition) is 1. The molecule has 0 N–H and O–H groups in total. The minimum atomic E-state index is 0.243.